The van der Waals surface area contributed by atoms with Crippen LogP contribution in [0.2, 0.25) is 0 Å². The molecule has 2 aromatic carbocycles. The van der Waals surface area contributed by atoms with Crippen LogP contribution in [0.25, 0.3) is 0 Å². The van der Waals surface area contributed by atoms with Gasteiger partial charge in [0.2, 0.25) is 17.7 Å². The third-order valence-corrected chi connectivity index (χ3v) is 7.05. The summed E-state index contributed by atoms with van der Waals surface area (Å²) in [4.78, 5) is 28.1. The highest BCUT2D eigenvalue weighted by Crippen LogP contribution is 2.36. The Morgan fingerprint density at radius 2 is 1.86 bits per heavy atom. The molecule has 0 radical (unpaired) electrons. The Kier molecular flexibility index (Phi) is 8.79. The molecule has 2 heterocycles. The minimum absolute atomic E-state index is 0.0582. The molecule has 3 N–H and O–H groups in total. The van der Waals surface area contributed by atoms with Crippen molar-refractivity contribution in [1.29, 1.82) is 0 Å². The zero-order valence-corrected chi connectivity index (χ0v) is 21.9. The number of rotatable bonds is 9. The minimum atomic E-state index is -0.560. The van der Waals surface area contributed by atoms with Gasteiger partial charge >= 0.3 is 0 Å². The lowest BCUT2D eigenvalue weighted by atomic mass is 10.1. The van der Waals surface area contributed by atoms with Gasteiger partial charge in [-0.25, -0.2) is 4.98 Å². The van der Waals surface area contributed by atoms with Gasteiger partial charge in [-0.05, 0) is 36.7 Å². The van der Waals surface area contributed by atoms with Gasteiger partial charge in [0.25, 0.3) is 0 Å². The van der Waals surface area contributed by atoms with Crippen LogP contribution in [0.3, 0.4) is 0 Å². The molecule has 36 heavy (non-hydrogen) atoms. The van der Waals surface area contributed by atoms with E-state index < -0.39 is 6.04 Å². The molecule has 9 heteroatoms. The van der Waals surface area contributed by atoms with Crippen molar-refractivity contribution in [3.63, 3.8) is 0 Å². The fraction of sp³-hybridized carbons (Fsp3) is 0.370. The average molecular weight is 507 g/mol. The van der Waals surface area contributed by atoms with E-state index in [1.807, 2.05) is 74.6 Å². The number of hydrogen-bond donors (Lipinski definition) is 2. The molecule has 1 unspecified atom stereocenters. The number of carbonyl (C=O) groups is 1. The smallest absolute Gasteiger partial charge is 0.241 e. The fourth-order valence-electron chi connectivity index (χ4n) is 3.70. The highest BCUT2D eigenvalue weighted by Gasteiger charge is 2.20. The Bertz CT molecular complexity index is 1150. The molecular formula is C27H34N6O2S. The number of carbonyl (C=O) groups excluding carboxylic acids is 1. The average Bonchev–Trinajstić information content (AvgIpc) is 2.89. The standard InChI is InChI=1S/C27H34N6O2S/c1-19(2)24(28)25(34)30-21-10-7-11-22(16-21)36-23-17-29-27(33-14-12-32(3)13-15-33)31-26(23)35-18-20-8-5-4-6-9-20/h4-11,16-17,19,24H,12-15,18,28H2,1-3H3,(H,30,34). The Hall–Kier alpha value is -3.14. The first kappa shape index (κ1) is 25.9. The first-order valence-corrected chi connectivity index (χ1v) is 13.0. The van der Waals surface area contributed by atoms with Crippen LogP contribution in [-0.4, -0.2) is 60.0 Å². The number of benzene rings is 2. The van der Waals surface area contributed by atoms with Gasteiger partial charge in [0.1, 0.15) is 6.61 Å². The number of nitrogens with zero attached hydrogens (tertiary/aromatic N) is 4. The SMILES string of the molecule is CC(C)C(N)C(=O)Nc1cccc(Sc2cnc(N3CCN(C)CC3)nc2OCc2ccccc2)c1. The van der Waals surface area contributed by atoms with Crippen molar-refractivity contribution >= 4 is 29.3 Å². The monoisotopic (exact) mass is 506 g/mol. The molecule has 1 aromatic heterocycles. The van der Waals surface area contributed by atoms with Crippen molar-refractivity contribution in [3.05, 3.63) is 66.4 Å². The topological polar surface area (TPSA) is 96.6 Å². The van der Waals surface area contributed by atoms with Gasteiger partial charge in [-0.3, -0.25) is 4.79 Å². The van der Waals surface area contributed by atoms with Crippen LogP contribution in [-0.2, 0) is 11.4 Å². The summed E-state index contributed by atoms with van der Waals surface area (Å²) in [7, 11) is 2.12. The number of likely N-dealkylation sites (N-methyl/N-ethyl adjacent to an activating group) is 1. The van der Waals surface area contributed by atoms with Crippen molar-refractivity contribution in [1.82, 2.24) is 14.9 Å². The van der Waals surface area contributed by atoms with Gasteiger partial charge < -0.3 is 25.6 Å². The van der Waals surface area contributed by atoms with Crippen LogP contribution >= 0.6 is 11.8 Å². The molecule has 0 aliphatic carbocycles. The molecule has 1 aliphatic rings. The number of aromatic nitrogens is 2. The van der Waals surface area contributed by atoms with Crippen LogP contribution in [0.5, 0.6) is 5.88 Å². The van der Waals surface area contributed by atoms with E-state index in [9.17, 15) is 4.79 Å². The molecular weight excluding hydrogens is 472 g/mol. The number of amides is 1. The third-order valence-electron chi connectivity index (χ3n) is 6.06. The Morgan fingerprint density at radius 3 is 2.58 bits per heavy atom. The van der Waals surface area contributed by atoms with Crippen molar-refractivity contribution in [2.24, 2.45) is 11.7 Å². The molecule has 1 saturated heterocycles. The second-order valence-electron chi connectivity index (χ2n) is 9.29. The molecule has 0 spiro atoms. The van der Waals surface area contributed by atoms with Crippen molar-refractivity contribution in [3.8, 4) is 5.88 Å². The van der Waals surface area contributed by atoms with Gasteiger partial charge in [-0.1, -0.05) is 62.0 Å². The number of hydrogen-bond acceptors (Lipinski definition) is 8. The Balaban J connectivity index is 1.54. The predicted octanol–water partition coefficient (Wildman–Crippen LogP) is 3.88. The van der Waals surface area contributed by atoms with E-state index in [4.69, 9.17) is 15.5 Å². The Labute approximate surface area is 217 Å². The first-order chi connectivity index (χ1) is 17.4. The molecule has 1 aliphatic heterocycles. The highest BCUT2D eigenvalue weighted by atomic mass is 32.2. The summed E-state index contributed by atoms with van der Waals surface area (Å²) in [6.07, 6.45) is 1.82. The number of nitrogens with two attached hydrogens (primary N) is 1. The maximum Gasteiger partial charge on any atom is 0.241 e. The predicted molar refractivity (Wildman–Crippen MR) is 145 cm³/mol. The largest absolute Gasteiger partial charge is 0.472 e. The van der Waals surface area contributed by atoms with Gasteiger partial charge in [-0.2, -0.15) is 4.98 Å². The van der Waals surface area contributed by atoms with E-state index in [2.05, 4.69) is 27.1 Å². The molecule has 1 fully saturated rings. The summed E-state index contributed by atoms with van der Waals surface area (Å²) < 4.78 is 6.21. The van der Waals surface area contributed by atoms with E-state index in [1.165, 1.54) is 11.8 Å². The second kappa shape index (κ2) is 12.2. The van der Waals surface area contributed by atoms with Crippen LogP contribution in [0.4, 0.5) is 11.6 Å². The van der Waals surface area contributed by atoms with Crippen molar-refractivity contribution in [2.75, 3.05) is 43.4 Å². The molecule has 1 atom stereocenters. The lowest BCUT2D eigenvalue weighted by molar-refractivity contribution is -0.118. The summed E-state index contributed by atoms with van der Waals surface area (Å²) >= 11 is 1.50. The lowest BCUT2D eigenvalue weighted by Crippen LogP contribution is -2.45. The molecule has 3 aromatic rings. The van der Waals surface area contributed by atoms with Crippen LogP contribution < -0.4 is 20.7 Å². The van der Waals surface area contributed by atoms with Crippen molar-refractivity contribution in [2.45, 2.75) is 36.3 Å². The van der Waals surface area contributed by atoms with Gasteiger partial charge in [0, 0.05) is 36.8 Å². The molecule has 0 saturated carbocycles. The zero-order chi connectivity index (χ0) is 25.5. The summed E-state index contributed by atoms with van der Waals surface area (Å²) in [5, 5.41) is 2.92. The summed E-state index contributed by atoms with van der Waals surface area (Å²) in [5.74, 6) is 1.09. The Morgan fingerprint density at radius 1 is 1.11 bits per heavy atom. The molecule has 190 valence electrons. The van der Waals surface area contributed by atoms with E-state index in [-0.39, 0.29) is 11.8 Å². The first-order valence-electron chi connectivity index (χ1n) is 12.2. The van der Waals surface area contributed by atoms with Crippen LogP contribution in [0, 0.1) is 5.92 Å². The minimum Gasteiger partial charge on any atom is -0.472 e. The third kappa shape index (κ3) is 6.96. The number of nitrogens with one attached hydrogen (secondary N) is 1. The highest BCUT2D eigenvalue weighted by molar-refractivity contribution is 7.99. The second-order valence-corrected chi connectivity index (χ2v) is 10.4. The van der Waals surface area contributed by atoms with E-state index in [0.717, 1.165) is 41.5 Å². The van der Waals surface area contributed by atoms with E-state index in [1.54, 1.807) is 0 Å². The number of ether oxygens (including phenoxy) is 1. The summed E-state index contributed by atoms with van der Waals surface area (Å²) in [6, 6.07) is 17.1. The van der Waals surface area contributed by atoms with E-state index >= 15 is 0 Å². The number of piperazine rings is 1. The summed E-state index contributed by atoms with van der Waals surface area (Å²) in [6.45, 7) is 7.97. The molecule has 8 nitrogen and oxygen atoms in total. The normalized spacial score (nSPS) is 15.1. The van der Waals surface area contributed by atoms with Gasteiger partial charge in [0.05, 0.1) is 17.1 Å². The lowest BCUT2D eigenvalue weighted by Gasteiger charge is -2.32. The molecule has 0 bridgehead atoms. The van der Waals surface area contributed by atoms with Crippen molar-refractivity contribution < 1.29 is 9.53 Å². The van der Waals surface area contributed by atoms with Gasteiger partial charge in [-0.15, -0.1) is 0 Å². The van der Waals surface area contributed by atoms with Crippen LogP contribution in [0.15, 0.2) is 70.6 Å². The summed E-state index contributed by atoms with van der Waals surface area (Å²) in [5.41, 5.74) is 7.76. The quantitative estimate of drug-likeness (QED) is 0.451. The number of anilines is 2. The fourth-order valence-corrected chi connectivity index (χ4v) is 4.58. The van der Waals surface area contributed by atoms with Gasteiger partial charge in [0.15, 0.2) is 0 Å². The maximum atomic E-state index is 12.4. The molecule has 4 rings (SSSR count). The zero-order valence-electron chi connectivity index (χ0n) is 21.1. The van der Waals surface area contributed by atoms with Crippen LogP contribution in [0.1, 0.15) is 19.4 Å². The maximum absolute atomic E-state index is 12.4. The van der Waals surface area contributed by atoms with E-state index in [0.29, 0.717) is 24.1 Å². The molecule has 1 amide bonds.